The van der Waals surface area contributed by atoms with Gasteiger partial charge in [0.15, 0.2) is 17.3 Å². The molecule has 4 aromatic rings. The van der Waals surface area contributed by atoms with Gasteiger partial charge in [-0.3, -0.25) is 9.59 Å². The molecule has 15 atom stereocenters. The molecular formula is C62H77N5O7. The molecule has 392 valence electrons. The zero-order chi connectivity index (χ0) is 51.3. The van der Waals surface area contributed by atoms with Crippen LogP contribution in [0.1, 0.15) is 129 Å². The van der Waals surface area contributed by atoms with Crippen molar-refractivity contribution in [2.75, 3.05) is 39.9 Å². The van der Waals surface area contributed by atoms with E-state index >= 15 is 0 Å². The van der Waals surface area contributed by atoms with Crippen LogP contribution in [0, 0.1) is 58.7 Å². The van der Waals surface area contributed by atoms with Gasteiger partial charge in [0.25, 0.3) is 0 Å². The van der Waals surface area contributed by atoms with Gasteiger partial charge in [0, 0.05) is 68.1 Å². The number of phenolic OH excluding ortho intramolecular Hbond substituents is 1. The minimum atomic E-state index is -1.27. The Bertz CT molecular complexity index is 2860. The van der Waals surface area contributed by atoms with Crippen molar-refractivity contribution in [3.05, 3.63) is 118 Å². The third-order valence-corrected chi connectivity index (χ3v) is 19.5. The minimum absolute atomic E-state index is 0.00349. The summed E-state index contributed by atoms with van der Waals surface area (Å²) in [6.45, 7) is 5.40. The number of Topliss-reactive ketones (excluding diaryl/α,β-unsaturated/α-hetero) is 2. The van der Waals surface area contributed by atoms with Gasteiger partial charge in [-0.05, 0) is 188 Å². The van der Waals surface area contributed by atoms with Crippen molar-refractivity contribution < 1.29 is 34.8 Å². The topological polar surface area (TPSA) is 202 Å². The molecule has 1 aromatic heterocycles. The quantitative estimate of drug-likeness (QED) is 0.0532. The monoisotopic (exact) mass is 1000 g/mol. The molecule has 0 radical (unpaired) electrons. The lowest BCUT2D eigenvalue weighted by Crippen LogP contribution is -2.65. The molecule has 10 N–H and O–H groups in total. The van der Waals surface area contributed by atoms with E-state index in [2.05, 4.69) is 88.4 Å². The van der Waals surface area contributed by atoms with E-state index in [1.807, 2.05) is 24.3 Å². The molecule has 5 aliphatic carbocycles. The summed E-state index contributed by atoms with van der Waals surface area (Å²) in [7, 11) is 1.52. The van der Waals surface area contributed by atoms with Crippen LogP contribution >= 0.6 is 0 Å². The number of carbonyl (C=O) groups excluding carboxylic acids is 2. The maximum atomic E-state index is 15.0. The van der Waals surface area contributed by atoms with Crippen molar-refractivity contribution in [1.82, 2.24) is 20.9 Å². The summed E-state index contributed by atoms with van der Waals surface area (Å²) >= 11 is 0. The van der Waals surface area contributed by atoms with Crippen LogP contribution in [0.3, 0.4) is 0 Å². The standard InChI is InChI=1S/C62H77N5O7/c1-3-64-33-50-57(44(9-6-24-68)49-34-67-51-31-43(70)30-48-45-19-23-66-61(45)60(50)59(49)58(48)51)41-17-21-62(55(73)27-41)20-16-36(47-32-52(71)53(74-2)26-39(47)13-15-54(62)72)12-14-42(69)29-46(40-18-22-65-56(63)28-40)38-11-10-35-7-4-5-8-37(35)25-38/h4-5,7-8,10-11,18-19,23,25-26,28,32,36,41-42,44,46,48-51,55,57-60,64-69,71,73H,3,6,9,12-15,17,21-22,24,27,29-31,33-34,63H2,1-2H3/t36-,41-,42-,44-,46-,48+,49-,50-,51+,55+,57+,58-,59-,60-,62+/m0/s1. The molecule has 0 amide bonds. The molecule has 0 unspecified atom stereocenters. The number of ketones is 2. The Labute approximate surface area is 436 Å². The molecule has 3 heterocycles. The number of allylic oxidation sites excluding steroid dienone is 2. The number of nitrogens with one attached hydrogen (secondary N) is 4. The predicted octanol–water partition coefficient (Wildman–Crippen LogP) is 7.59. The van der Waals surface area contributed by atoms with E-state index in [4.69, 9.17) is 10.5 Å². The highest BCUT2D eigenvalue weighted by atomic mass is 16.5. The molecule has 12 heteroatoms. The van der Waals surface area contributed by atoms with Gasteiger partial charge in [-0.2, -0.15) is 0 Å². The Balaban J connectivity index is 0.901. The summed E-state index contributed by atoms with van der Waals surface area (Å²) in [6.07, 6.45) is 10.8. The number of methoxy groups -OCH3 is 1. The third-order valence-electron chi connectivity index (χ3n) is 19.5. The summed E-state index contributed by atoms with van der Waals surface area (Å²) in [6, 6.07) is 20.7. The fourth-order valence-corrected chi connectivity index (χ4v) is 16.2. The van der Waals surface area contributed by atoms with E-state index in [9.17, 15) is 30.0 Å². The predicted molar refractivity (Wildman–Crippen MR) is 287 cm³/mol. The maximum Gasteiger partial charge on any atom is 0.160 e. The number of aliphatic hydroxyl groups is 3. The van der Waals surface area contributed by atoms with Gasteiger partial charge in [0.1, 0.15) is 11.2 Å². The number of piperidine rings is 1. The van der Waals surface area contributed by atoms with Gasteiger partial charge < -0.3 is 51.8 Å². The first-order valence-corrected chi connectivity index (χ1v) is 28.0. The number of aryl methyl sites for hydroxylation is 1. The second kappa shape index (κ2) is 21.3. The molecule has 0 bridgehead atoms. The van der Waals surface area contributed by atoms with Crippen LogP contribution in [-0.2, 0) is 16.0 Å². The number of dihydropyridines is 1. The van der Waals surface area contributed by atoms with Crippen molar-refractivity contribution in [3.63, 3.8) is 0 Å². The summed E-state index contributed by atoms with van der Waals surface area (Å²) in [4.78, 5) is 32.0. The molecule has 2 aliphatic heterocycles. The number of benzene rings is 3. The molecule has 3 aromatic carbocycles. The maximum absolute atomic E-state index is 15.0. The van der Waals surface area contributed by atoms with E-state index in [0.29, 0.717) is 99.4 Å². The summed E-state index contributed by atoms with van der Waals surface area (Å²) < 4.78 is 5.60. The van der Waals surface area contributed by atoms with E-state index in [0.717, 1.165) is 65.5 Å². The highest BCUT2D eigenvalue weighted by molar-refractivity contribution is 5.89. The first-order chi connectivity index (χ1) is 36.0. The van der Waals surface area contributed by atoms with E-state index in [-0.39, 0.29) is 72.0 Å². The summed E-state index contributed by atoms with van der Waals surface area (Å²) in [5.74, 6) is 10.2. The number of aromatic hydroxyl groups is 1. The van der Waals surface area contributed by atoms with Gasteiger partial charge in [0.2, 0.25) is 0 Å². The minimum Gasteiger partial charge on any atom is -0.504 e. The Kier molecular flexibility index (Phi) is 14.6. The molecule has 11 rings (SSSR count). The number of rotatable bonds is 15. The average Bonchev–Trinajstić information content (AvgIpc) is 3.94. The number of fused-ring (bicyclic) bond motifs is 5. The molecule has 1 spiro atoms. The van der Waals surface area contributed by atoms with E-state index in [1.54, 1.807) is 6.07 Å². The first kappa shape index (κ1) is 50.7. The summed E-state index contributed by atoms with van der Waals surface area (Å²) in [5, 5.41) is 59.8. The number of H-pyrrole nitrogens is 1. The van der Waals surface area contributed by atoms with Crippen LogP contribution in [0.25, 0.3) is 10.8 Å². The zero-order valence-electron chi connectivity index (χ0n) is 43.2. The number of aromatic amines is 1. The van der Waals surface area contributed by atoms with Crippen LogP contribution in [0.4, 0.5) is 0 Å². The SMILES string of the molecule is CCNC[C@@H]1[C@@H]2c3[nH]ccc3[C@H]3CC(=O)C[C@H]4NC[C@@H]([C@H](CCCO)[C@H]1[C@H]1CC[C@@]5(C#C[C@H](CC[C@H](O)C[C@H](C6=CCNC(N)=C6)c6ccc7ccccc7c6)c6cc(O)c(OC)cc6CCC5=O)[C@H](O)C1)[C@H]2[C@@H]34. The number of nitrogens with two attached hydrogens (primary N) is 1. The number of aliphatic hydroxyl groups excluding tert-OH is 3. The second-order valence-corrected chi connectivity index (χ2v) is 23.1. The van der Waals surface area contributed by atoms with Gasteiger partial charge in [-0.25, -0.2) is 0 Å². The van der Waals surface area contributed by atoms with Crippen molar-refractivity contribution >= 4 is 22.3 Å². The molecular weight excluding hydrogens is 927 g/mol. The van der Waals surface area contributed by atoms with Crippen molar-refractivity contribution in [1.29, 1.82) is 0 Å². The normalized spacial score (nSPS) is 33.0. The van der Waals surface area contributed by atoms with Crippen LogP contribution in [0.2, 0.25) is 0 Å². The van der Waals surface area contributed by atoms with Crippen molar-refractivity contribution in [2.24, 2.45) is 52.6 Å². The number of ether oxygens (including phenoxy) is 1. The molecule has 1 saturated heterocycles. The van der Waals surface area contributed by atoms with Crippen molar-refractivity contribution in [2.45, 2.75) is 126 Å². The lowest BCUT2D eigenvalue weighted by Gasteiger charge is -2.64. The van der Waals surface area contributed by atoms with Gasteiger partial charge in [-0.15, -0.1) is 0 Å². The molecule has 12 nitrogen and oxygen atoms in total. The number of aromatic nitrogens is 1. The number of carbonyl (C=O) groups is 2. The van der Waals surface area contributed by atoms with Crippen LogP contribution in [0.15, 0.2) is 90.4 Å². The van der Waals surface area contributed by atoms with E-state index in [1.165, 1.54) is 18.4 Å². The van der Waals surface area contributed by atoms with Gasteiger partial charge >= 0.3 is 0 Å². The Morgan fingerprint density at radius 1 is 0.986 bits per heavy atom. The first-order valence-electron chi connectivity index (χ1n) is 28.0. The number of hydrogen-bond acceptors (Lipinski definition) is 11. The lowest BCUT2D eigenvalue weighted by atomic mass is 9.43. The highest BCUT2D eigenvalue weighted by Crippen LogP contribution is 2.65. The Hall–Kier alpha value is -5.42. The van der Waals surface area contributed by atoms with Crippen LogP contribution in [0.5, 0.6) is 11.5 Å². The fraction of sp³-hybridized carbons (Fsp3) is 0.548. The average molecular weight is 1000 g/mol. The Morgan fingerprint density at radius 3 is 2.64 bits per heavy atom. The number of hydrogen-bond donors (Lipinski definition) is 9. The number of phenols is 1. The highest BCUT2D eigenvalue weighted by Gasteiger charge is 2.63. The lowest BCUT2D eigenvalue weighted by molar-refractivity contribution is -0.140. The second-order valence-electron chi connectivity index (χ2n) is 23.1. The zero-order valence-corrected chi connectivity index (χ0v) is 43.2. The van der Waals surface area contributed by atoms with E-state index < -0.39 is 23.5 Å². The third kappa shape index (κ3) is 9.29. The van der Waals surface area contributed by atoms with Gasteiger partial charge in [0.05, 0.1) is 25.1 Å². The van der Waals surface area contributed by atoms with Crippen LogP contribution < -0.4 is 26.4 Å². The molecule has 4 fully saturated rings. The largest absolute Gasteiger partial charge is 0.504 e. The van der Waals surface area contributed by atoms with Crippen molar-refractivity contribution in [3.8, 4) is 23.3 Å². The fourth-order valence-electron chi connectivity index (χ4n) is 16.2. The van der Waals surface area contributed by atoms with Crippen LogP contribution in [-0.4, -0.2) is 95.1 Å². The molecule has 7 aliphatic rings. The van der Waals surface area contributed by atoms with Gasteiger partial charge in [-0.1, -0.05) is 67.3 Å². The Morgan fingerprint density at radius 2 is 1.84 bits per heavy atom. The summed E-state index contributed by atoms with van der Waals surface area (Å²) in [5.41, 5.74) is 11.5. The smallest absolute Gasteiger partial charge is 0.160 e. The molecule has 74 heavy (non-hydrogen) atoms. The molecule has 3 saturated carbocycles.